The fourth-order valence-electron chi connectivity index (χ4n) is 1.64. The third-order valence-electron chi connectivity index (χ3n) is 2.47. The number of benzene rings is 2. The van der Waals surface area contributed by atoms with E-state index in [4.69, 9.17) is 9.47 Å². The quantitative estimate of drug-likeness (QED) is 0.765. The molecule has 0 bridgehead atoms. The van der Waals surface area contributed by atoms with Crippen molar-refractivity contribution >= 4 is 6.08 Å². The van der Waals surface area contributed by atoms with E-state index in [0.29, 0.717) is 6.61 Å². The van der Waals surface area contributed by atoms with Gasteiger partial charge in [-0.15, -0.1) is 0 Å². The van der Waals surface area contributed by atoms with Crippen LogP contribution in [0.2, 0.25) is 0 Å². The molecular weight excluding hydrogens is 224 g/mol. The Balaban J connectivity index is 2.24. The first-order chi connectivity index (χ1) is 8.83. The molecule has 2 aromatic rings. The second kappa shape index (κ2) is 5.92. The predicted molar refractivity (Wildman–Crippen MR) is 74.2 cm³/mol. The zero-order chi connectivity index (χ0) is 12.8. The first-order valence-electron chi connectivity index (χ1n) is 5.95. The fourth-order valence-corrected chi connectivity index (χ4v) is 1.64. The molecule has 0 radical (unpaired) electrons. The van der Waals surface area contributed by atoms with Crippen LogP contribution in [0.15, 0.2) is 55.1 Å². The summed E-state index contributed by atoms with van der Waals surface area (Å²) in [6, 6.07) is 15.4. The largest absolute Gasteiger partial charge is 0.490 e. The van der Waals surface area contributed by atoms with Crippen LogP contribution in [0.3, 0.4) is 0 Å². The van der Waals surface area contributed by atoms with Gasteiger partial charge in [0.15, 0.2) is 11.5 Å². The summed E-state index contributed by atoms with van der Waals surface area (Å²) in [5.74, 6) is 2.25. The lowest BCUT2D eigenvalue weighted by atomic mass is 10.2. The van der Waals surface area contributed by atoms with E-state index in [2.05, 4.69) is 6.58 Å². The van der Waals surface area contributed by atoms with E-state index < -0.39 is 0 Å². The van der Waals surface area contributed by atoms with Gasteiger partial charge in [0, 0.05) is 0 Å². The van der Waals surface area contributed by atoms with Gasteiger partial charge in [0.25, 0.3) is 0 Å². The molecular formula is C16H16O2. The van der Waals surface area contributed by atoms with Crippen LogP contribution in [0.1, 0.15) is 12.5 Å². The Hall–Kier alpha value is -2.22. The van der Waals surface area contributed by atoms with Crippen LogP contribution in [0, 0.1) is 0 Å². The summed E-state index contributed by atoms with van der Waals surface area (Å²) in [7, 11) is 0. The minimum absolute atomic E-state index is 0.618. The average molecular weight is 240 g/mol. The van der Waals surface area contributed by atoms with Crippen molar-refractivity contribution in [1.82, 2.24) is 0 Å². The number of hydrogen-bond acceptors (Lipinski definition) is 2. The molecule has 0 saturated heterocycles. The normalized spacial score (nSPS) is 9.83. The Morgan fingerprint density at radius 1 is 1.06 bits per heavy atom. The summed E-state index contributed by atoms with van der Waals surface area (Å²) in [5.41, 5.74) is 1.03. The summed E-state index contributed by atoms with van der Waals surface area (Å²) < 4.78 is 11.4. The molecule has 2 rings (SSSR count). The molecule has 0 atom stereocenters. The summed E-state index contributed by atoms with van der Waals surface area (Å²) in [6.45, 7) is 6.32. The highest BCUT2D eigenvalue weighted by atomic mass is 16.5. The number of rotatable bonds is 5. The predicted octanol–water partition coefficient (Wildman–Crippen LogP) is 4.52. The van der Waals surface area contributed by atoms with Gasteiger partial charge < -0.3 is 9.47 Å². The van der Waals surface area contributed by atoms with E-state index in [1.165, 1.54) is 0 Å². The molecule has 0 aliphatic heterocycles. The van der Waals surface area contributed by atoms with Crippen molar-refractivity contribution in [3.05, 3.63) is 60.7 Å². The molecule has 92 valence electrons. The van der Waals surface area contributed by atoms with Gasteiger partial charge in [0.1, 0.15) is 5.75 Å². The highest BCUT2D eigenvalue weighted by molar-refractivity contribution is 5.51. The standard InChI is InChI=1S/C16H16O2/c1-3-13-8-7-9-14(12-13)18-16-11-6-5-10-15(16)17-4-2/h3,5-12H,1,4H2,2H3. The molecule has 2 nitrogen and oxygen atoms in total. The van der Waals surface area contributed by atoms with Gasteiger partial charge in [-0.05, 0) is 36.8 Å². The van der Waals surface area contributed by atoms with E-state index in [-0.39, 0.29) is 0 Å². The topological polar surface area (TPSA) is 18.5 Å². The summed E-state index contributed by atoms with van der Waals surface area (Å²) >= 11 is 0. The smallest absolute Gasteiger partial charge is 0.169 e. The maximum absolute atomic E-state index is 5.83. The van der Waals surface area contributed by atoms with Gasteiger partial charge >= 0.3 is 0 Å². The van der Waals surface area contributed by atoms with Crippen LogP contribution in [-0.2, 0) is 0 Å². The molecule has 0 N–H and O–H groups in total. The lowest BCUT2D eigenvalue weighted by molar-refractivity contribution is 0.321. The van der Waals surface area contributed by atoms with Gasteiger partial charge in [0.05, 0.1) is 6.61 Å². The first-order valence-corrected chi connectivity index (χ1v) is 5.95. The molecule has 0 fully saturated rings. The molecule has 0 heterocycles. The third-order valence-corrected chi connectivity index (χ3v) is 2.47. The molecule has 18 heavy (non-hydrogen) atoms. The van der Waals surface area contributed by atoms with Crippen LogP contribution >= 0.6 is 0 Å². The van der Waals surface area contributed by atoms with Gasteiger partial charge in [-0.3, -0.25) is 0 Å². The van der Waals surface area contributed by atoms with Crippen LogP contribution in [0.4, 0.5) is 0 Å². The van der Waals surface area contributed by atoms with Crippen LogP contribution in [0.25, 0.3) is 6.08 Å². The summed E-state index contributed by atoms with van der Waals surface area (Å²) in [4.78, 5) is 0. The van der Waals surface area contributed by atoms with Crippen molar-refractivity contribution < 1.29 is 9.47 Å². The minimum Gasteiger partial charge on any atom is -0.490 e. The maximum atomic E-state index is 5.83. The molecule has 0 amide bonds. The molecule has 0 spiro atoms. The van der Waals surface area contributed by atoms with E-state index >= 15 is 0 Å². The molecule has 0 unspecified atom stereocenters. The lowest BCUT2D eigenvalue weighted by Gasteiger charge is -2.11. The SMILES string of the molecule is C=Cc1cccc(Oc2ccccc2OCC)c1. The fraction of sp³-hybridized carbons (Fsp3) is 0.125. The molecule has 2 aromatic carbocycles. The minimum atomic E-state index is 0.618. The van der Waals surface area contributed by atoms with Crippen molar-refractivity contribution in [2.75, 3.05) is 6.61 Å². The highest BCUT2D eigenvalue weighted by Crippen LogP contribution is 2.31. The number of para-hydroxylation sites is 2. The van der Waals surface area contributed by atoms with E-state index in [1.54, 1.807) is 6.08 Å². The zero-order valence-corrected chi connectivity index (χ0v) is 10.4. The summed E-state index contributed by atoms with van der Waals surface area (Å²) in [5, 5.41) is 0. The molecule has 0 aliphatic rings. The monoisotopic (exact) mass is 240 g/mol. The Kier molecular flexibility index (Phi) is 4.02. The lowest BCUT2D eigenvalue weighted by Crippen LogP contribution is -1.94. The zero-order valence-electron chi connectivity index (χ0n) is 10.4. The third kappa shape index (κ3) is 2.92. The van der Waals surface area contributed by atoms with Crippen molar-refractivity contribution in [3.63, 3.8) is 0 Å². The van der Waals surface area contributed by atoms with E-state index in [9.17, 15) is 0 Å². The highest BCUT2D eigenvalue weighted by Gasteiger charge is 2.04. The Labute approximate surface area is 107 Å². The summed E-state index contributed by atoms with van der Waals surface area (Å²) in [6.07, 6.45) is 1.79. The van der Waals surface area contributed by atoms with E-state index in [0.717, 1.165) is 22.8 Å². The first kappa shape index (κ1) is 12.2. The van der Waals surface area contributed by atoms with Crippen LogP contribution < -0.4 is 9.47 Å². The average Bonchev–Trinajstić information content (AvgIpc) is 2.41. The number of hydrogen-bond donors (Lipinski definition) is 0. The van der Waals surface area contributed by atoms with Crippen molar-refractivity contribution in [1.29, 1.82) is 0 Å². The van der Waals surface area contributed by atoms with E-state index in [1.807, 2.05) is 55.5 Å². The Morgan fingerprint density at radius 2 is 1.83 bits per heavy atom. The van der Waals surface area contributed by atoms with Crippen molar-refractivity contribution in [3.8, 4) is 17.2 Å². The molecule has 0 aromatic heterocycles. The van der Waals surface area contributed by atoms with Crippen molar-refractivity contribution in [2.24, 2.45) is 0 Å². The molecule has 2 heteroatoms. The van der Waals surface area contributed by atoms with Crippen LogP contribution in [0.5, 0.6) is 17.2 Å². The number of ether oxygens (including phenoxy) is 2. The van der Waals surface area contributed by atoms with Crippen molar-refractivity contribution in [2.45, 2.75) is 6.92 Å². The van der Waals surface area contributed by atoms with Gasteiger partial charge in [-0.2, -0.15) is 0 Å². The maximum Gasteiger partial charge on any atom is 0.169 e. The Bertz CT molecular complexity index is 532. The molecule has 0 saturated carbocycles. The van der Waals surface area contributed by atoms with Crippen LogP contribution in [-0.4, -0.2) is 6.61 Å². The van der Waals surface area contributed by atoms with Gasteiger partial charge in [-0.1, -0.05) is 36.9 Å². The second-order valence-corrected chi connectivity index (χ2v) is 3.76. The van der Waals surface area contributed by atoms with Gasteiger partial charge in [-0.25, -0.2) is 0 Å². The molecule has 0 aliphatic carbocycles. The Morgan fingerprint density at radius 3 is 2.56 bits per heavy atom. The second-order valence-electron chi connectivity index (χ2n) is 3.76. The van der Waals surface area contributed by atoms with Gasteiger partial charge in [0.2, 0.25) is 0 Å².